The molecule has 1 aliphatic heterocycles. The van der Waals surface area contributed by atoms with Gasteiger partial charge in [0, 0.05) is 25.7 Å². The molecule has 0 aromatic heterocycles. The Morgan fingerprint density at radius 2 is 1.74 bits per heavy atom. The lowest BCUT2D eigenvalue weighted by molar-refractivity contribution is 0.0993. The van der Waals surface area contributed by atoms with Gasteiger partial charge in [-0.3, -0.25) is 0 Å². The maximum absolute atomic E-state index is 3.81. The molecule has 2 aliphatic rings. The molecule has 1 N–H and O–H groups in total. The molecule has 112 valence electrons. The van der Waals surface area contributed by atoms with Gasteiger partial charge >= 0.3 is 0 Å². The van der Waals surface area contributed by atoms with Gasteiger partial charge in [0.05, 0.1) is 0 Å². The highest BCUT2D eigenvalue weighted by Crippen LogP contribution is 2.28. The minimum Gasteiger partial charge on any atom is -0.314 e. The van der Waals surface area contributed by atoms with Crippen LogP contribution in [0.15, 0.2) is 0 Å². The molecular weight excluding hydrogens is 232 g/mol. The molecule has 0 spiro atoms. The first-order valence-corrected chi connectivity index (χ1v) is 8.64. The van der Waals surface area contributed by atoms with Crippen molar-refractivity contribution in [2.45, 2.75) is 65.3 Å². The summed E-state index contributed by atoms with van der Waals surface area (Å²) in [4.78, 5) is 2.76. The van der Waals surface area contributed by atoms with Gasteiger partial charge in [0.25, 0.3) is 0 Å². The van der Waals surface area contributed by atoms with Crippen molar-refractivity contribution in [1.29, 1.82) is 0 Å². The van der Waals surface area contributed by atoms with Gasteiger partial charge in [-0.15, -0.1) is 0 Å². The molecule has 19 heavy (non-hydrogen) atoms. The summed E-state index contributed by atoms with van der Waals surface area (Å²) >= 11 is 0. The number of hydrogen-bond acceptors (Lipinski definition) is 2. The fraction of sp³-hybridized carbons (Fsp3) is 1.00. The second-order valence-electron chi connectivity index (χ2n) is 7.27. The third kappa shape index (κ3) is 4.75. The smallest absolute Gasteiger partial charge is 0.0107 e. The van der Waals surface area contributed by atoms with Gasteiger partial charge in [0.1, 0.15) is 0 Å². The van der Waals surface area contributed by atoms with E-state index in [-0.39, 0.29) is 0 Å². The summed E-state index contributed by atoms with van der Waals surface area (Å²) in [6.07, 6.45) is 8.43. The van der Waals surface area contributed by atoms with Gasteiger partial charge in [0.2, 0.25) is 0 Å². The van der Waals surface area contributed by atoms with Gasteiger partial charge in [0.15, 0.2) is 0 Å². The van der Waals surface area contributed by atoms with Crippen LogP contribution in [-0.2, 0) is 0 Å². The van der Waals surface area contributed by atoms with E-state index < -0.39 is 0 Å². The summed E-state index contributed by atoms with van der Waals surface area (Å²) in [6.45, 7) is 12.3. The van der Waals surface area contributed by atoms with E-state index in [1.54, 1.807) is 0 Å². The summed E-state index contributed by atoms with van der Waals surface area (Å²) in [7, 11) is 0. The van der Waals surface area contributed by atoms with Gasteiger partial charge in [-0.05, 0) is 50.0 Å². The zero-order valence-corrected chi connectivity index (χ0v) is 13.3. The van der Waals surface area contributed by atoms with Crippen LogP contribution in [0.4, 0.5) is 0 Å². The summed E-state index contributed by atoms with van der Waals surface area (Å²) in [5.74, 6) is 2.70. The zero-order valence-electron chi connectivity index (χ0n) is 13.3. The van der Waals surface area contributed by atoms with Crippen LogP contribution in [0.2, 0.25) is 0 Å². The van der Waals surface area contributed by atoms with Crippen molar-refractivity contribution in [3.05, 3.63) is 0 Å². The van der Waals surface area contributed by atoms with Crippen molar-refractivity contribution in [1.82, 2.24) is 10.2 Å². The maximum atomic E-state index is 3.81. The first kappa shape index (κ1) is 15.3. The van der Waals surface area contributed by atoms with E-state index in [0.717, 1.165) is 23.8 Å². The Hall–Kier alpha value is -0.0800. The van der Waals surface area contributed by atoms with E-state index in [4.69, 9.17) is 0 Å². The van der Waals surface area contributed by atoms with Crippen molar-refractivity contribution in [3.63, 3.8) is 0 Å². The van der Waals surface area contributed by atoms with E-state index in [9.17, 15) is 0 Å². The van der Waals surface area contributed by atoms with E-state index in [1.165, 1.54) is 64.7 Å². The Bertz CT molecular complexity index is 244. The molecule has 2 rings (SSSR count). The predicted octanol–water partition coefficient (Wildman–Crippen LogP) is 3.52. The van der Waals surface area contributed by atoms with E-state index in [0.29, 0.717) is 0 Å². The highest BCUT2D eigenvalue weighted by Gasteiger charge is 2.29. The number of piperidine rings is 1. The van der Waals surface area contributed by atoms with Crippen molar-refractivity contribution >= 4 is 0 Å². The third-order valence-electron chi connectivity index (χ3n) is 5.00. The zero-order chi connectivity index (χ0) is 13.7. The SMILES string of the molecule is CCCNC1CCCCC1CN1CC(C)CC(C)C1. The van der Waals surface area contributed by atoms with Crippen molar-refractivity contribution in [2.75, 3.05) is 26.2 Å². The van der Waals surface area contributed by atoms with E-state index in [1.807, 2.05) is 0 Å². The topological polar surface area (TPSA) is 15.3 Å². The standard InChI is InChI=1S/C17H34N2/c1-4-9-18-17-8-6-5-7-16(17)13-19-11-14(2)10-15(3)12-19/h14-18H,4-13H2,1-3H3. The molecule has 2 heteroatoms. The maximum Gasteiger partial charge on any atom is 0.0107 e. The molecule has 1 aliphatic carbocycles. The molecule has 0 radical (unpaired) electrons. The van der Waals surface area contributed by atoms with Crippen molar-refractivity contribution in [2.24, 2.45) is 17.8 Å². The van der Waals surface area contributed by atoms with E-state index in [2.05, 4.69) is 31.0 Å². The fourth-order valence-corrected chi connectivity index (χ4v) is 4.30. The van der Waals surface area contributed by atoms with E-state index >= 15 is 0 Å². The normalized spacial score (nSPS) is 37.4. The fourth-order valence-electron chi connectivity index (χ4n) is 4.30. The molecule has 1 heterocycles. The Kier molecular flexibility index (Phi) is 6.15. The highest BCUT2D eigenvalue weighted by atomic mass is 15.1. The molecule has 2 fully saturated rings. The minimum atomic E-state index is 0.793. The van der Waals surface area contributed by atoms with Gasteiger partial charge in [-0.2, -0.15) is 0 Å². The third-order valence-corrected chi connectivity index (χ3v) is 5.00. The minimum absolute atomic E-state index is 0.793. The molecule has 4 atom stereocenters. The molecular formula is C17H34N2. The average Bonchev–Trinajstić information content (AvgIpc) is 2.36. The van der Waals surface area contributed by atoms with Crippen LogP contribution in [-0.4, -0.2) is 37.1 Å². The first-order valence-electron chi connectivity index (χ1n) is 8.64. The molecule has 0 aromatic rings. The molecule has 4 unspecified atom stereocenters. The van der Waals surface area contributed by atoms with Crippen LogP contribution in [0.25, 0.3) is 0 Å². The lowest BCUT2D eigenvalue weighted by Crippen LogP contribution is -2.47. The first-order chi connectivity index (χ1) is 9.19. The Balaban J connectivity index is 1.84. The van der Waals surface area contributed by atoms with Crippen molar-refractivity contribution < 1.29 is 0 Å². The summed E-state index contributed by atoms with van der Waals surface area (Å²) in [6, 6.07) is 0.793. The van der Waals surface area contributed by atoms with Gasteiger partial charge in [-0.1, -0.05) is 33.6 Å². The molecule has 2 nitrogen and oxygen atoms in total. The summed E-state index contributed by atoms with van der Waals surface area (Å²) < 4.78 is 0. The van der Waals surface area contributed by atoms with Crippen LogP contribution in [0.1, 0.15) is 59.3 Å². The monoisotopic (exact) mass is 266 g/mol. The predicted molar refractivity (Wildman–Crippen MR) is 83.4 cm³/mol. The summed E-state index contributed by atoms with van der Waals surface area (Å²) in [5, 5.41) is 3.81. The second kappa shape index (κ2) is 7.64. The lowest BCUT2D eigenvalue weighted by Gasteiger charge is -2.40. The van der Waals surface area contributed by atoms with Crippen LogP contribution in [0.3, 0.4) is 0 Å². The van der Waals surface area contributed by atoms with Crippen molar-refractivity contribution in [3.8, 4) is 0 Å². The Morgan fingerprint density at radius 1 is 1.05 bits per heavy atom. The van der Waals surface area contributed by atoms with Crippen LogP contribution >= 0.6 is 0 Å². The quantitative estimate of drug-likeness (QED) is 0.819. The number of nitrogens with zero attached hydrogens (tertiary/aromatic N) is 1. The largest absolute Gasteiger partial charge is 0.314 e. The van der Waals surface area contributed by atoms with Gasteiger partial charge in [-0.25, -0.2) is 0 Å². The Morgan fingerprint density at radius 3 is 2.42 bits per heavy atom. The molecule has 0 aromatic carbocycles. The second-order valence-corrected chi connectivity index (χ2v) is 7.27. The van der Waals surface area contributed by atoms with Crippen LogP contribution in [0.5, 0.6) is 0 Å². The lowest BCUT2D eigenvalue weighted by atomic mass is 9.83. The van der Waals surface area contributed by atoms with Crippen LogP contribution in [0, 0.1) is 17.8 Å². The highest BCUT2D eigenvalue weighted by molar-refractivity contribution is 4.85. The number of hydrogen-bond donors (Lipinski definition) is 1. The molecule has 1 saturated heterocycles. The number of likely N-dealkylation sites (tertiary alicyclic amines) is 1. The molecule has 1 saturated carbocycles. The number of nitrogens with one attached hydrogen (secondary N) is 1. The summed E-state index contributed by atoms with van der Waals surface area (Å²) in [5.41, 5.74) is 0. The van der Waals surface area contributed by atoms with Crippen LogP contribution < -0.4 is 5.32 Å². The molecule has 0 bridgehead atoms. The van der Waals surface area contributed by atoms with Gasteiger partial charge < -0.3 is 10.2 Å². The molecule has 0 amide bonds. The Labute approximate surface area is 120 Å². The number of rotatable bonds is 5. The average molecular weight is 266 g/mol.